The van der Waals surface area contributed by atoms with E-state index in [2.05, 4.69) is 0 Å². The number of nitrogens with zero attached hydrogens (tertiary/aromatic N) is 1. The monoisotopic (exact) mass is 254 g/mol. The molecule has 4 heteroatoms. The van der Waals surface area contributed by atoms with E-state index >= 15 is 0 Å². The summed E-state index contributed by atoms with van der Waals surface area (Å²) < 4.78 is 0. The summed E-state index contributed by atoms with van der Waals surface area (Å²) in [6, 6.07) is 7.03. The molecule has 0 fully saturated rings. The van der Waals surface area contributed by atoms with E-state index in [9.17, 15) is 4.79 Å². The van der Waals surface area contributed by atoms with Gasteiger partial charge in [-0.05, 0) is 23.6 Å². The molecule has 17 heavy (non-hydrogen) atoms. The molecule has 1 aromatic rings. The highest BCUT2D eigenvalue weighted by Gasteiger charge is 2.20. The van der Waals surface area contributed by atoms with Crippen LogP contribution in [0.5, 0.6) is 0 Å². The number of carbonyl (C=O) groups excluding carboxylic acids is 1. The number of carbonyl (C=O) groups is 1. The first-order valence-electron chi connectivity index (χ1n) is 5.67. The summed E-state index contributed by atoms with van der Waals surface area (Å²) in [5, 5.41) is 0.677. The topological polar surface area (TPSA) is 46.3 Å². The molecule has 1 rings (SSSR count). The summed E-state index contributed by atoms with van der Waals surface area (Å²) >= 11 is 5.89. The lowest BCUT2D eigenvalue weighted by atomic mass is 10.0. The molecular weight excluding hydrogens is 236 g/mol. The lowest BCUT2D eigenvalue weighted by molar-refractivity contribution is -0.132. The van der Waals surface area contributed by atoms with Gasteiger partial charge in [0.25, 0.3) is 0 Å². The van der Waals surface area contributed by atoms with Gasteiger partial charge in [0, 0.05) is 18.6 Å². The number of benzene rings is 1. The van der Waals surface area contributed by atoms with E-state index in [1.54, 1.807) is 11.9 Å². The van der Waals surface area contributed by atoms with Crippen molar-refractivity contribution >= 4 is 17.5 Å². The van der Waals surface area contributed by atoms with Gasteiger partial charge in [-0.1, -0.05) is 37.6 Å². The smallest absolute Gasteiger partial charge is 0.239 e. The van der Waals surface area contributed by atoms with Gasteiger partial charge in [0.05, 0.1) is 6.04 Å². The molecule has 1 amide bonds. The molecule has 3 nitrogen and oxygen atoms in total. The standard InChI is InChI=1S/C13H19ClN2O/c1-9(2)12(15)13(17)16(3)8-10-5-4-6-11(14)7-10/h4-7,9,12H,8,15H2,1-3H3/t12-/m1/s1. The summed E-state index contributed by atoms with van der Waals surface area (Å²) in [5.41, 5.74) is 6.83. The summed E-state index contributed by atoms with van der Waals surface area (Å²) in [6.45, 7) is 4.41. The average molecular weight is 255 g/mol. The Bertz CT molecular complexity index is 393. The molecule has 2 N–H and O–H groups in total. The molecule has 0 aliphatic rings. The number of nitrogens with two attached hydrogens (primary N) is 1. The van der Waals surface area contributed by atoms with E-state index in [1.165, 1.54) is 0 Å². The van der Waals surface area contributed by atoms with E-state index in [4.69, 9.17) is 17.3 Å². The van der Waals surface area contributed by atoms with E-state index in [1.807, 2.05) is 38.1 Å². The molecule has 1 atom stereocenters. The van der Waals surface area contributed by atoms with Gasteiger partial charge in [-0.3, -0.25) is 4.79 Å². The van der Waals surface area contributed by atoms with Gasteiger partial charge >= 0.3 is 0 Å². The minimum atomic E-state index is -0.445. The van der Waals surface area contributed by atoms with Gasteiger partial charge in [-0.2, -0.15) is 0 Å². The zero-order chi connectivity index (χ0) is 13.0. The summed E-state index contributed by atoms with van der Waals surface area (Å²) in [4.78, 5) is 13.6. The van der Waals surface area contributed by atoms with Crippen LogP contribution in [-0.2, 0) is 11.3 Å². The molecule has 0 saturated heterocycles. The van der Waals surface area contributed by atoms with Crippen LogP contribution in [0.3, 0.4) is 0 Å². The van der Waals surface area contributed by atoms with E-state index in [0.717, 1.165) is 5.56 Å². The Morgan fingerprint density at radius 3 is 2.65 bits per heavy atom. The quantitative estimate of drug-likeness (QED) is 0.896. The van der Waals surface area contributed by atoms with E-state index in [-0.39, 0.29) is 11.8 Å². The molecule has 0 saturated carbocycles. The van der Waals surface area contributed by atoms with Crippen molar-refractivity contribution in [2.45, 2.75) is 26.4 Å². The molecule has 94 valence electrons. The first kappa shape index (κ1) is 14.0. The molecule has 0 aliphatic heterocycles. The van der Waals surface area contributed by atoms with Crippen molar-refractivity contribution in [2.24, 2.45) is 11.7 Å². The zero-order valence-electron chi connectivity index (χ0n) is 10.5. The predicted octanol–water partition coefficient (Wildman–Crippen LogP) is 2.28. The van der Waals surface area contributed by atoms with Gasteiger partial charge in [0.1, 0.15) is 0 Å². The maximum Gasteiger partial charge on any atom is 0.239 e. The molecule has 0 unspecified atom stereocenters. The number of hydrogen-bond acceptors (Lipinski definition) is 2. The lowest BCUT2D eigenvalue weighted by Gasteiger charge is -2.23. The van der Waals surface area contributed by atoms with Crippen molar-refractivity contribution in [3.8, 4) is 0 Å². The summed E-state index contributed by atoms with van der Waals surface area (Å²) in [7, 11) is 1.76. The molecule has 1 aromatic carbocycles. The largest absolute Gasteiger partial charge is 0.340 e. The van der Waals surface area contributed by atoms with Gasteiger partial charge < -0.3 is 10.6 Å². The maximum absolute atomic E-state index is 11.9. The highest BCUT2D eigenvalue weighted by Crippen LogP contribution is 2.13. The zero-order valence-corrected chi connectivity index (χ0v) is 11.2. The normalized spacial score (nSPS) is 12.6. The van der Waals surface area contributed by atoms with Crippen molar-refractivity contribution in [1.82, 2.24) is 4.90 Å². The minimum Gasteiger partial charge on any atom is -0.340 e. The summed E-state index contributed by atoms with van der Waals surface area (Å²) in [6.07, 6.45) is 0. The molecule has 0 spiro atoms. The fourth-order valence-electron chi connectivity index (χ4n) is 1.53. The Morgan fingerprint density at radius 1 is 1.47 bits per heavy atom. The Labute approximate surface area is 108 Å². The second kappa shape index (κ2) is 6.03. The number of rotatable bonds is 4. The van der Waals surface area contributed by atoms with Crippen LogP contribution in [0.25, 0.3) is 0 Å². The second-order valence-electron chi connectivity index (χ2n) is 4.59. The van der Waals surface area contributed by atoms with Crippen LogP contribution >= 0.6 is 11.6 Å². The second-order valence-corrected chi connectivity index (χ2v) is 5.03. The average Bonchev–Trinajstić information content (AvgIpc) is 2.26. The van der Waals surface area contributed by atoms with Crippen molar-refractivity contribution in [3.05, 3.63) is 34.9 Å². The minimum absolute atomic E-state index is 0.0417. The Hall–Kier alpha value is -1.06. The Balaban J connectivity index is 2.66. The maximum atomic E-state index is 11.9. The van der Waals surface area contributed by atoms with Crippen molar-refractivity contribution in [3.63, 3.8) is 0 Å². The van der Waals surface area contributed by atoms with Gasteiger partial charge in [0.2, 0.25) is 5.91 Å². The number of amides is 1. The van der Waals surface area contributed by atoms with Crippen LogP contribution in [-0.4, -0.2) is 23.9 Å². The predicted molar refractivity (Wildman–Crippen MR) is 70.7 cm³/mol. The van der Waals surface area contributed by atoms with E-state index in [0.29, 0.717) is 11.6 Å². The van der Waals surface area contributed by atoms with Crippen LogP contribution in [0.4, 0.5) is 0 Å². The summed E-state index contributed by atoms with van der Waals surface area (Å²) in [5.74, 6) is 0.101. The van der Waals surface area contributed by atoms with Crippen LogP contribution in [0.1, 0.15) is 19.4 Å². The molecule has 0 aliphatic carbocycles. The lowest BCUT2D eigenvalue weighted by Crippen LogP contribution is -2.44. The van der Waals surface area contributed by atoms with Crippen molar-refractivity contribution in [1.29, 1.82) is 0 Å². The van der Waals surface area contributed by atoms with Crippen molar-refractivity contribution < 1.29 is 4.79 Å². The molecule has 0 radical (unpaired) electrons. The Kier molecular flexibility index (Phi) is 4.97. The molecular formula is C13H19ClN2O. The first-order valence-corrected chi connectivity index (χ1v) is 6.04. The number of likely N-dealkylation sites (N-methyl/N-ethyl adjacent to an activating group) is 1. The highest BCUT2D eigenvalue weighted by atomic mass is 35.5. The van der Waals surface area contributed by atoms with Gasteiger partial charge in [0.15, 0.2) is 0 Å². The van der Waals surface area contributed by atoms with E-state index < -0.39 is 6.04 Å². The Morgan fingerprint density at radius 2 is 2.12 bits per heavy atom. The SMILES string of the molecule is CC(C)[C@@H](N)C(=O)N(C)Cc1cccc(Cl)c1. The number of halogens is 1. The highest BCUT2D eigenvalue weighted by molar-refractivity contribution is 6.30. The third kappa shape index (κ3) is 4.02. The fourth-order valence-corrected chi connectivity index (χ4v) is 1.74. The molecule has 0 bridgehead atoms. The first-order chi connectivity index (χ1) is 7.91. The van der Waals surface area contributed by atoms with Crippen LogP contribution in [0.15, 0.2) is 24.3 Å². The number of hydrogen-bond donors (Lipinski definition) is 1. The molecule has 0 heterocycles. The molecule has 0 aromatic heterocycles. The van der Waals surface area contributed by atoms with Gasteiger partial charge in [-0.15, -0.1) is 0 Å². The van der Waals surface area contributed by atoms with Crippen LogP contribution in [0.2, 0.25) is 5.02 Å². The van der Waals surface area contributed by atoms with Gasteiger partial charge in [-0.25, -0.2) is 0 Å². The third-order valence-corrected chi connectivity index (χ3v) is 2.92. The van der Waals surface area contributed by atoms with Crippen LogP contribution in [0, 0.1) is 5.92 Å². The fraction of sp³-hybridized carbons (Fsp3) is 0.462. The van der Waals surface area contributed by atoms with Crippen molar-refractivity contribution in [2.75, 3.05) is 7.05 Å². The third-order valence-electron chi connectivity index (χ3n) is 2.69. The van der Waals surface area contributed by atoms with Crippen LogP contribution < -0.4 is 5.73 Å².